The van der Waals surface area contributed by atoms with Gasteiger partial charge in [0.2, 0.25) is 0 Å². The Hall–Kier alpha value is -1.16. The Morgan fingerprint density at radius 2 is 1.84 bits per heavy atom. The number of imidazole rings is 1. The fourth-order valence-corrected chi connectivity index (χ4v) is 3.79. The van der Waals surface area contributed by atoms with Crippen molar-refractivity contribution in [3.05, 3.63) is 30.1 Å². The standard InChI is InChI=1S/C13H19N2O3P/c1-4-17-19(16,18-5-2)10-15-11(3)14-12-8-6-7-9-13(12)15/h6-9H,4-5,10H2,1-3H3. The van der Waals surface area contributed by atoms with Gasteiger partial charge in [-0.05, 0) is 32.9 Å². The predicted molar refractivity (Wildman–Crippen MR) is 75.3 cm³/mol. The van der Waals surface area contributed by atoms with Gasteiger partial charge in [0.1, 0.15) is 12.1 Å². The minimum absolute atomic E-state index is 0.195. The average molecular weight is 282 g/mol. The molecule has 0 radical (unpaired) electrons. The number of aryl methyl sites for hydroxylation is 1. The summed E-state index contributed by atoms with van der Waals surface area (Å²) in [7, 11) is -3.12. The van der Waals surface area contributed by atoms with E-state index in [2.05, 4.69) is 4.98 Å². The van der Waals surface area contributed by atoms with Gasteiger partial charge >= 0.3 is 7.60 Å². The zero-order chi connectivity index (χ0) is 13.9. The largest absolute Gasteiger partial charge is 0.350 e. The summed E-state index contributed by atoms with van der Waals surface area (Å²) in [5.74, 6) is 0.806. The van der Waals surface area contributed by atoms with Gasteiger partial charge in [0.25, 0.3) is 0 Å². The molecular weight excluding hydrogens is 263 g/mol. The van der Waals surface area contributed by atoms with Crippen LogP contribution in [-0.2, 0) is 19.9 Å². The summed E-state index contributed by atoms with van der Waals surface area (Å²) in [4.78, 5) is 4.45. The van der Waals surface area contributed by atoms with Crippen LogP contribution in [0.15, 0.2) is 24.3 Å². The van der Waals surface area contributed by atoms with Crippen molar-refractivity contribution >= 4 is 18.6 Å². The summed E-state index contributed by atoms with van der Waals surface area (Å²) in [5.41, 5.74) is 1.83. The summed E-state index contributed by atoms with van der Waals surface area (Å²) in [6, 6.07) is 7.76. The summed E-state index contributed by atoms with van der Waals surface area (Å²) >= 11 is 0. The minimum Gasteiger partial charge on any atom is -0.316 e. The first-order valence-electron chi connectivity index (χ1n) is 6.39. The number of nitrogens with zero attached hydrogens (tertiary/aromatic N) is 2. The van der Waals surface area contributed by atoms with Crippen LogP contribution < -0.4 is 0 Å². The van der Waals surface area contributed by atoms with Crippen LogP contribution in [0.25, 0.3) is 11.0 Å². The highest BCUT2D eigenvalue weighted by molar-refractivity contribution is 7.52. The first-order valence-corrected chi connectivity index (χ1v) is 8.12. The molecule has 1 heterocycles. The lowest BCUT2D eigenvalue weighted by molar-refractivity contribution is 0.214. The van der Waals surface area contributed by atoms with Crippen LogP contribution in [0.1, 0.15) is 19.7 Å². The highest BCUT2D eigenvalue weighted by Crippen LogP contribution is 2.50. The summed E-state index contributed by atoms with van der Waals surface area (Å²) in [6.07, 6.45) is 0.195. The molecule has 19 heavy (non-hydrogen) atoms. The molecule has 6 heteroatoms. The third kappa shape index (κ3) is 3.06. The minimum atomic E-state index is -3.12. The SMILES string of the molecule is CCOP(=O)(Cn1c(C)nc2ccccc21)OCC. The van der Waals surface area contributed by atoms with Gasteiger partial charge in [-0.15, -0.1) is 0 Å². The van der Waals surface area contributed by atoms with E-state index in [1.54, 1.807) is 0 Å². The topological polar surface area (TPSA) is 53.4 Å². The van der Waals surface area contributed by atoms with Gasteiger partial charge in [0.05, 0.1) is 24.2 Å². The van der Waals surface area contributed by atoms with Gasteiger partial charge in [0.15, 0.2) is 0 Å². The molecule has 2 aromatic rings. The van der Waals surface area contributed by atoms with Crippen molar-refractivity contribution in [2.45, 2.75) is 27.1 Å². The molecule has 0 amide bonds. The van der Waals surface area contributed by atoms with E-state index in [9.17, 15) is 4.57 Å². The maximum absolute atomic E-state index is 12.6. The van der Waals surface area contributed by atoms with Crippen LogP contribution in [0.3, 0.4) is 0 Å². The Labute approximate surface area is 113 Å². The number of rotatable bonds is 6. The maximum atomic E-state index is 12.6. The first-order chi connectivity index (χ1) is 9.09. The Bertz CT molecular complexity index is 599. The summed E-state index contributed by atoms with van der Waals surface area (Å²) < 4.78 is 25.1. The Balaban J connectivity index is 2.39. The molecular formula is C13H19N2O3P. The highest BCUT2D eigenvalue weighted by atomic mass is 31.2. The molecule has 0 aliphatic heterocycles. The van der Waals surface area contributed by atoms with Crippen LogP contribution in [0.5, 0.6) is 0 Å². The third-order valence-electron chi connectivity index (χ3n) is 2.81. The number of benzene rings is 1. The monoisotopic (exact) mass is 282 g/mol. The van der Waals surface area contributed by atoms with Crippen molar-refractivity contribution in [1.82, 2.24) is 9.55 Å². The second-order valence-corrected chi connectivity index (χ2v) is 6.18. The van der Waals surface area contributed by atoms with Crippen LogP contribution in [0, 0.1) is 6.92 Å². The second-order valence-electron chi connectivity index (χ2n) is 4.16. The lowest BCUT2D eigenvalue weighted by Crippen LogP contribution is -2.06. The van der Waals surface area contributed by atoms with E-state index in [0.717, 1.165) is 16.9 Å². The first kappa shape index (κ1) is 14.3. The van der Waals surface area contributed by atoms with E-state index in [1.807, 2.05) is 49.6 Å². The van der Waals surface area contributed by atoms with Crippen molar-refractivity contribution in [2.75, 3.05) is 13.2 Å². The zero-order valence-electron chi connectivity index (χ0n) is 11.5. The van der Waals surface area contributed by atoms with E-state index in [4.69, 9.17) is 9.05 Å². The lowest BCUT2D eigenvalue weighted by Gasteiger charge is -2.18. The molecule has 0 aliphatic carbocycles. The Kier molecular flexibility index (Phi) is 4.40. The quantitative estimate of drug-likeness (QED) is 0.760. The number of para-hydroxylation sites is 2. The van der Waals surface area contributed by atoms with Gasteiger partial charge in [0, 0.05) is 0 Å². The molecule has 104 valence electrons. The average Bonchev–Trinajstić information content (AvgIpc) is 2.67. The lowest BCUT2D eigenvalue weighted by atomic mass is 10.3. The van der Waals surface area contributed by atoms with E-state index in [0.29, 0.717) is 13.2 Å². The molecule has 0 bridgehead atoms. The van der Waals surface area contributed by atoms with E-state index in [-0.39, 0.29) is 6.29 Å². The van der Waals surface area contributed by atoms with Crippen LogP contribution >= 0.6 is 7.60 Å². The van der Waals surface area contributed by atoms with Gasteiger partial charge in [-0.2, -0.15) is 0 Å². The van der Waals surface area contributed by atoms with Crippen molar-refractivity contribution in [3.63, 3.8) is 0 Å². The number of fused-ring (bicyclic) bond motifs is 1. The molecule has 0 fully saturated rings. The molecule has 1 aromatic carbocycles. The Morgan fingerprint density at radius 1 is 1.21 bits per heavy atom. The van der Waals surface area contributed by atoms with Crippen molar-refractivity contribution < 1.29 is 13.6 Å². The van der Waals surface area contributed by atoms with Gasteiger partial charge in [-0.3, -0.25) is 4.57 Å². The van der Waals surface area contributed by atoms with Crippen molar-refractivity contribution in [3.8, 4) is 0 Å². The molecule has 0 spiro atoms. The smallest absolute Gasteiger partial charge is 0.316 e. The normalized spacial score (nSPS) is 12.2. The summed E-state index contributed by atoms with van der Waals surface area (Å²) in [5, 5.41) is 0. The molecule has 0 N–H and O–H groups in total. The third-order valence-corrected chi connectivity index (χ3v) is 4.74. The number of aromatic nitrogens is 2. The molecule has 0 atom stereocenters. The summed E-state index contributed by atoms with van der Waals surface area (Å²) in [6.45, 7) is 6.24. The molecule has 0 aliphatic rings. The maximum Gasteiger partial charge on any atom is 0.350 e. The fourth-order valence-electron chi connectivity index (χ4n) is 2.06. The van der Waals surface area contributed by atoms with Crippen LogP contribution in [-0.4, -0.2) is 22.8 Å². The van der Waals surface area contributed by atoms with Crippen molar-refractivity contribution in [2.24, 2.45) is 0 Å². The Morgan fingerprint density at radius 3 is 2.47 bits per heavy atom. The fraction of sp³-hybridized carbons (Fsp3) is 0.462. The molecule has 0 unspecified atom stereocenters. The number of hydrogen-bond acceptors (Lipinski definition) is 4. The van der Waals surface area contributed by atoms with Gasteiger partial charge in [-0.25, -0.2) is 4.98 Å². The molecule has 0 saturated heterocycles. The van der Waals surface area contributed by atoms with E-state index < -0.39 is 7.60 Å². The molecule has 0 saturated carbocycles. The zero-order valence-corrected chi connectivity index (χ0v) is 12.4. The van der Waals surface area contributed by atoms with E-state index in [1.165, 1.54) is 0 Å². The number of hydrogen-bond donors (Lipinski definition) is 0. The van der Waals surface area contributed by atoms with Crippen LogP contribution in [0.2, 0.25) is 0 Å². The predicted octanol–water partition coefficient (Wildman–Crippen LogP) is 3.57. The highest BCUT2D eigenvalue weighted by Gasteiger charge is 2.26. The van der Waals surface area contributed by atoms with Crippen molar-refractivity contribution in [1.29, 1.82) is 0 Å². The molecule has 5 nitrogen and oxygen atoms in total. The van der Waals surface area contributed by atoms with Gasteiger partial charge in [-0.1, -0.05) is 12.1 Å². The second kappa shape index (κ2) is 5.87. The molecule has 1 aromatic heterocycles. The van der Waals surface area contributed by atoms with Crippen LogP contribution in [0.4, 0.5) is 0 Å². The molecule has 2 rings (SSSR count). The van der Waals surface area contributed by atoms with E-state index >= 15 is 0 Å². The van der Waals surface area contributed by atoms with Gasteiger partial charge < -0.3 is 13.6 Å².